The summed E-state index contributed by atoms with van der Waals surface area (Å²) in [7, 11) is 0. The highest BCUT2D eigenvalue weighted by atomic mass is 19.1. The smallest absolute Gasteiger partial charge is 0.152 e. The molecule has 0 unspecified atom stereocenters. The molecule has 0 bridgehead atoms. The number of hydrogen-bond acceptors (Lipinski definition) is 5. The highest BCUT2D eigenvalue weighted by molar-refractivity contribution is 5.58. The maximum atomic E-state index is 14.2. The van der Waals surface area contributed by atoms with Crippen LogP contribution in [0.3, 0.4) is 0 Å². The zero-order valence-corrected chi connectivity index (χ0v) is 12.1. The SMILES string of the molecule is CC1(C)CCC[C@H]1Oc1cc(F)c(-n2cnnn2)cc1N. The lowest BCUT2D eigenvalue weighted by atomic mass is 9.89. The van der Waals surface area contributed by atoms with Crippen molar-refractivity contribution in [3.8, 4) is 11.4 Å². The minimum Gasteiger partial charge on any atom is -0.488 e. The fourth-order valence-corrected chi connectivity index (χ4v) is 2.78. The molecule has 3 rings (SSSR count). The average molecular weight is 291 g/mol. The second kappa shape index (κ2) is 4.98. The molecule has 1 atom stereocenters. The average Bonchev–Trinajstić information content (AvgIpc) is 3.04. The first-order valence-electron chi connectivity index (χ1n) is 6.96. The first-order chi connectivity index (χ1) is 9.97. The molecule has 0 spiro atoms. The number of anilines is 1. The molecule has 1 aromatic heterocycles. The summed E-state index contributed by atoms with van der Waals surface area (Å²) in [6.07, 6.45) is 4.55. The van der Waals surface area contributed by atoms with Gasteiger partial charge in [0, 0.05) is 11.5 Å². The number of halogens is 1. The number of tetrazole rings is 1. The van der Waals surface area contributed by atoms with Crippen LogP contribution < -0.4 is 10.5 Å². The van der Waals surface area contributed by atoms with Crippen LogP contribution in [-0.4, -0.2) is 26.3 Å². The summed E-state index contributed by atoms with van der Waals surface area (Å²) in [6.45, 7) is 4.32. The van der Waals surface area contributed by atoms with Crippen LogP contribution in [0.25, 0.3) is 5.69 Å². The summed E-state index contributed by atoms with van der Waals surface area (Å²) in [5.41, 5.74) is 6.65. The molecular formula is C14H18FN5O. The second-order valence-corrected chi connectivity index (χ2v) is 6.08. The van der Waals surface area contributed by atoms with Crippen molar-refractivity contribution in [3.63, 3.8) is 0 Å². The molecule has 2 N–H and O–H groups in total. The zero-order chi connectivity index (χ0) is 15.0. The molecule has 1 aromatic carbocycles. The predicted molar refractivity (Wildman–Crippen MR) is 75.6 cm³/mol. The molecule has 112 valence electrons. The third-order valence-electron chi connectivity index (χ3n) is 4.10. The Balaban J connectivity index is 1.89. The number of nitrogens with two attached hydrogens (primary N) is 1. The van der Waals surface area contributed by atoms with Crippen molar-refractivity contribution < 1.29 is 9.13 Å². The number of hydrogen-bond donors (Lipinski definition) is 1. The van der Waals surface area contributed by atoms with E-state index in [1.54, 1.807) is 0 Å². The molecule has 1 aliphatic rings. The Hall–Kier alpha value is -2.18. The van der Waals surface area contributed by atoms with Gasteiger partial charge in [-0.15, -0.1) is 5.10 Å². The largest absolute Gasteiger partial charge is 0.488 e. The van der Waals surface area contributed by atoms with Gasteiger partial charge >= 0.3 is 0 Å². The van der Waals surface area contributed by atoms with Crippen molar-refractivity contribution in [1.82, 2.24) is 20.2 Å². The van der Waals surface area contributed by atoms with E-state index >= 15 is 0 Å². The highest BCUT2D eigenvalue weighted by Crippen LogP contribution is 2.41. The molecular weight excluding hydrogens is 273 g/mol. The third-order valence-corrected chi connectivity index (χ3v) is 4.10. The van der Waals surface area contributed by atoms with Crippen molar-refractivity contribution in [2.75, 3.05) is 5.73 Å². The Labute approximate surface area is 122 Å². The van der Waals surface area contributed by atoms with Gasteiger partial charge in [0.15, 0.2) is 5.82 Å². The van der Waals surface area contributed by atoms with Crippen LogP contribution in [0.15, 0.2) is 18.5 Å². The number of rotatable bonds is 3. The van der Waals surface area contributed by atoms with Crippen LogP contribution in [0, 0.1) is 11.2 Å². The summed E-state index contributed by atoms with van der Waals surface area (Å²) in [4.78, 5) is 0. The van der Waals surface area contributed by atoms with E-state index in [0.29, 0.717) is 11.4 Å². The number of nitrogen functional groups attached to an aromatic ring is 1. The van der Waals surface area contributed by atoms with E-state index in [-0.39, 0.29) is 17.2 Å². The number of nitrogens with zero attached hydrogens (tertiary/aromatic N) is 4. The summed E-state index contributed by atoms with van der Waals surface area (Å²) in [5.74, 6) is -0.0911. The summed E-state index contributed by atoms with van der Waals surface area (Å²) >= 11 is 0. The Morgan fingerprint density at radius 2 is 2.24 bits per heavy atom. The molecule has 7 heteroatoms. The van der Waals surface area contributed by atoms with E-state index < -0.39 is 5.82 Å². The highest BCUT2D eigenvalue weighted by Gasteiger charge is 2.36. The van der Waals surface area contributed by atoms with Gasteiger partial charge in [0.05, 0.1) is 5.69 Å². The van der Waals surface area contributed by atoms with Gasteiger partial charge in [0.1, 0.15) is 23.9 Å². The standard InChI is InChI=1S/C14H18FN5O/c1-14(2)5-3-4-13(14)21-12-6-9(15)11(7-10(12)16)20-8-17-18-19-20/h6-8,13H,3-5,16H2,1-2H3/t13-/m1/s1. The summed E-state index contributed by atoms with van der Waals surface area (Å²) < 4.78 is 21.4. The van der Waals surface area contributed by atoms with Crippen LogP contribution >= 0.6 is 0 Å². The van der Waals surface area contributed by atoms with E-state index in [9.17, 15) is 4.39 Å². The van der Waals surface area contributed by atoms with Crippen LogP contribution in [0.4, 0.5) is 10.1 Å². The Kier molecular flexibility index (Phi) is 3.27. The normalized spacial score (nSPS) is 20.6. The molecule has 1 heterocycles. The molecule has 21 heavy (non-hydrogen) atoms. The summed E-state index contributed by atoms with van der Waals surface area (Å²) in [6, 6.07) is 2.80. The molecule has 1 aliphatic carbocycles. The Morgan fingerprint density at radius 1 is 1.43 bits per heavy atom. The van der Waals surface area contributed by atoms with Crippen LogP contribution in [-0.2, 0) is 0 Å². The van der Waals surface area contributed by atoms with E-state index in [4.69, 9.17) is 10.5 Å². The summed E-state index contributed by atoms with van der Waals surface area (Å²) in [5, 5.41) is 10.6. The predicted octanol–water partition coefficient (Wildman–Crippen LogP) is 2.34. The Morgan fingerprint density at radius 3 is 2.86 bits per heavy atom. The third kappa shape index (κ3) is 2.55. The molecule has 0 saturated heterocycles. The topological polar surface area (TPSA) is 78.8 Å². The first-order valence-corrected chi connectivity index (χ1v) is 6.96. The maximum Gasteiger partial charge on any atom is 0.152 e. The van der Waals surface area contributed by atoms with Crippen molar-refractivity contribution in [2.45, 2.75) is 39.2 Å². The zero-order valence-electron chi connectivity index (χ0n) is 12.1. The molecule has 0 amide bonds. The molecule has 0 radical (unpaired) electrons. The molecule has 1 fully saturated rings. The van der Waals surface area contributed by atoms with Gasteiger partial charge in [-0.3, -0.25) is 0 Å². The van der Waals surface area contributed by atoms with Crippen LogP contribution in [0.2, 0.25) is 0 Å². The fourth-order valence-electron chi connectivity index (χ4n) is 2.78. The monoisotopic (exact) mass is 291 g/mol. The first kappa shape index (κ1) is 13.8. The van der Waals surface area contributed by atoms with Crippen molar-refractivity contribution in [2.24, 2.45) is 5.41 Å². The van der Waals surface area contributed by atoms with Gasteiger partial charge in [-0.1, -0.05) is 13.8 Å². The van der Waals surface area contributed by atoms with Gasteiger partial charge in [-0.05, 0) is 35.8 Å². The fraction of sp³-hybridized carbons (Fsp3) is 0.500. The van der Waals surface area contributed by atoms with Gasteiger partial charge in [-0.25, -0.2) is 4.39 Å². The maximum absolute atomic E-state index is 14.2. The molecule has 2 aromatic rings. The molecule has 0 aliphatic heterocycles. The van der Waals surface area contributed by atoms with Crippen molar-refractivity contribution >= 4 is 5.69 Å². The lowest BCUT2D eigenvalue weighted by molar-refractivity contribution is 0.104. The van der Waals surface area contributed by atoms with Gasteiger partial charge in [0.25, 0.3) is 0 Å². The minimum atomic E-state index is -0.470. The van der Waals surface area contributed by atoms with E-state index in [0.717, 1.165) is 19.3 Å². The van der Waals surface area contributed by atoms with Crippen LogP contribution in [0.5, 0.6) is 5.75 Å². The number of ether oxygens (including phenoxy) is 1. The molecule has 6 nitrogen and oxygen atoms in total. The lowest BCUT2D eigenvalue weighted by Gasteiger charge is -2.28. The van der Waals surface area contributed by atoms with Gasteiger partial charge in [0.2, 0.25) is 0 Å². The minimum absolute atomic E-state index is 0.0538. The van der Waals surface area contributed by atoms with E-state index in [1.807, 2.05) is 0 Å². The second-order valence-electron chi connectivity index (χ2n) is 6.08. The van der Waals surface area contributed by atoms with Crippen molar-refractivity contribution in [3.05, 3.63) is 24.3 Å². The van der Waals surface area contributed by atoms with E-state index in [2.05, 4.69) is 29.4 Å². The van der Waals surface area contributed by atoms with E-state index in [1.165, 1.54) is 23.1 Å². The quantitative estimate of drug-likeness (QED) is 0.878. The number of benzene rings is 1. The Bertz CT molecular complexity index is 641. The number of aromatic nitrogens is 4. The molecule has 1 saturated carbocycles. The van der Waals surface area contributed by atoms with Gasteiger partial charge < -0.3 is 10.5 Å². The van der Waals surface area contributed by atoms with Crippen LogP contribution in [0.1, 0.15) is 33.1 Å². The van der Waals surface area contributed by atoms with Gasteiger partial charge in [-0.2, -0.15) is 4.68 Å². The van der Waals surface area contributed by atoms with Crippen molar-refractivity contribution in [1.29, 1.82) is 0 Å². The lowest BCUT2D eigenvalue weighted by Crippen LogP contribution is -2.29.